The van der Waals surface area contributed by atoms with Gasteiger partial charge in [-0.1, -0.05) is 11.6 Å². The first kappa shape index (κ1) is 17.8. The smallest absolute Gasteiger partial charge is 0.226 e. The fourth-order valence-corrected chi connectivity index (χ4v) is 4.10. The molecule has 2 aliphatic heterocycles. The van der Waals surface area contributed by atoms with E-state index in [1.165, 1.54) is 0 Å². The standard InChI is InChI=1S/C19H22ClN7O/c1-12-9-26(11-17(28-12)13-6-23-24-7-13)19-21-5-4-15(25-19)16-8-22-18-3-2-14(20)10-27(16)18/h2-5,8,10,12-13,17,23-24H,6-7,9,11H2,1H3/t12-,17+/m0/s1. The third kappa shape index (κ3) is 3.33. The van der Waals surface area contributed by atoms with E-state index in [1.807, 2.05) is 35.0 Å². The van der Waals surface area contributed by atoms with Crippen molar-refractivity contribution >= 4 is 23.2 Å². The molecule has 0 amide bonds. The molecular formula is C19H22ClN7O. The van der Waals surface area contributed by atoms with Crippen molar-refractivity contribution in [1.29, 1.82) is 0 Å². The number of fused-ring (bicyclic) bond motifs is 1. The topological polar surface area (TPSA) is 79.6 Å². The van der Waals surface area contributed by atoms with Gasteiger partial charge in [-0.2, -0.15) is 0 Å². The highest BCUT2D eigenvalue weighted by atomic mass is 35.5. The molecule has 2 N–H and O–H groups in total. The molecule has 2 fully saturated rings. The van der Waals surface area contributed by atoms with Crippen LogP contribution in [0.1, 0.15) is 6.92 Å². The Balaban J connectivity index is 1.45. The van der Waals surface area contributed by atoms with Crippen molar-refractivity contribution in [1.82, 2.24) is 30.2 Å². The quantitative estimate of drug-likeness (QED) is 0.694. The van der Waals surface area contributed by atoms with Crippen LogP contribution in [0.25, 0.3) is 17.0 Å². The van der Waals surface area contributed by atoms with Crippen molar-refractivity contribution < 1.29 is 4.74 Å². The van der Waals surface area contributed by atoms with Gasteiger partial charge in [0.1, 0.15) is 5.65 Å². The lowest BCUT2D eigenvalue weighted by Crippen LogP contribution is -2.51. The van der Waals surface area contributed by atoms with Gasteiger partial charge in [-0.05, 0) is 25.1 Å². The van der Waals surface area contributed by atoms with E-state index in [0.717, 1.165) is 43.2 Å². The summed E-state index contributed by atoms with van der Waals surface area (Å²) in [6.45, 7) is 5.47. The summed E-state index contributed by atoms with van der Waals surface area (Å²) >= 11 is 6.17. The third-order valence-electron chi connectivity index (χ3n) is 5.32. The number of pyridine rings is 1. The van der Waals surface area contributed by atoms with Gasteiger partial charge < -0.3 is 9.64 Å². The van der Waals surface area contributed by atoms with E-state index >= 15 is 0 Å². The number of hydrazine groups is 1. The number of morpholine rings is 1. The number of anilines is 1. The number of imidazole rings is 1. The van der Waals surface area contributed by atoms with E-state index in [0.29, 0.717) is 16.9 Å². The zero-order valence-electron chi connectivity index (χ0n) is 15.5. The van der Waals surface area contributed by atoms with Gasteiger partial charge in [0, 0.05) is 44.5 Å². The number of halogens is 1. The molecule has 0 unspecified atom stereocenters. The fourth-order valence-electron chi connectivity index (χ4n) is 3.94. The summed E-state index contributed by atoms with van der Waals surface area (Å²) < 4.78 is 8.14. The van der Waals surface area contributed by atoms with Gasteiger partial charge >= 0.3 is 0 Å². The van der Waals surface area contributed by atoms with Gasteiger partial charge in [0.2, 0.25) is 5.95 Å². The van der Waals surface area contributed by atoms with Crippen LogP contribution in [0.15, 0.2) is 36.8 Å². The summed E-state index contributed by atoms with van der Waals surface area (Å²) in [6.07, 6.45) is 5.75. The molecule has 2 atom stereocenters. The molecule has 5 rings (SSSR count). The Hall–Kier alpha value is -2.26. The first-order valence-corrected chi connectivity index (χ1v) is 9.87. The number of hydrogen-bond donors (Lipinski definition) is 2. The Morgan fingerprint density at radius 1 is 1.14 bits per heavy atom. The Morgan fingerprint density at radius 3 is 2.86 bits per heavy atom. The van der Waals surface area contributed by atoms with Crippen molar-refractivity contribution in [2.45, 2.75) is 19.1 Å². The van der Waals surface area contributed by atoms with Crippen LogP contribution in [0.3, 0.4) is 0 Å². The minimum Gasteiger partial charge on any atom is -0.371 e. The molecular weight excluding hydrogens is 378 g/mol. The molecule has 9 heteroatoms. The monoisotopic (exact) mass is 399 g/mol. The van der Waals surface area contributed by atoms with E-state index < -0.39 is 0 Å². The number of rotatable bonds is 3. The maximum absolute atomic E-state index is 6.19. The van der Waals surface area contributed by atoms with Crippen LogP contribution in [0.2, 0.25) is 5.02 Å². The van der Waals surface area contributed by atoms with Crippen LogP contribution in [-0.2, 0) is 4.74 Å². The van der Waals surface area contributed by atoms with Gasteiger partial charge in [-0.3, -0.25) is 15.3 Å². The fraction of sp³-hybridized carbons (Fsp3) is 0.421. The summed E-state index contributed by atoms with van der Waals surface area (Å²) in [6, 6.07) is 5.63. The normalized spacial score (nSPS) is 23.6. The Kier molecular flexibility index (Phi) is 4.64. The summed E-state index contributed by atoms with van der Waals surface area (Å²) in [7, 11) is 0. The maximum Gasteiger partial charge on any atom is 0.226 e. The Bertz CT molecular complexity index is 987. The number of aromatic nitrogens is 4. The predicted octanol–water partition coefficient (Wildman–Crippen LogP) is 1.76. The second-order valence-electron chi connectivity index (χ2n) is 7.37. The molecule has 0 radical (unpaired) electrons. The van der Waals surface area contributed by atoms with E-state index in [9.17, 15) is 0 Å². The third-order valence-corrected chi connectivity index (χ3v) is 5.55. The first-order valence-electron chi connectivity index (χ1n) is 9.49. The zero-order chi connectivity index (χ0) is 19.1. The summed E-state index contributed by atoms with van der Waals surface area (Å²) in [5, 5.41) is 0.657. The van der Waals surface area contributed by atoms with E-state index in [4.69, 9.17) is 21.3 Å². The molecule has 28 heavy (non-hydrogen) atoms. The molecule has 0 aromatic carbocycles. The van der Waals surface area contributed by atoms with Gasteiger partial charge in [-0.25, -0.2) is 15.0 Å². The van der Waals surface area contributed by atoms with Gasteiger partial charge in [-0.15, -0.1) is 0 Å². The van der Waals surface area contributed by atoms with Crippen molar-refractivity contribution in [2.24, 2.45) is 5.92 Å². The van der Waals surface area contributed by atoms with E-state index in [1.54, 1.807) is 6.20 Å². The van der Waals surface area contributed by atoms with Gasteiger partial charge in [0.25, 0.3) is 0 Å². The van der Waals surface area contributed by atoms with Gasteiger partial charge in [0.15, 0.2) is 0 Å². The van der Waals surface area contributed by atoms with Crippen LogP contribution in [0.5, 0.6) is 0 Å². The highest BCUT2D eigenvalue weighted by molar-refractivity contribution is 6.30. The van der Waals surface area contributed by atoms with Crippen LogP contribution >= 0.6 is 11.6 Å². The van der Waals surface area contributed by atoms with Crippen LogP contribution < -0.4 is 15.8 Å². The minimum atomic E-state index is 0.126. The molecule has 2 aliphatic rings. The average Bonchev–Trinajstić information content (AvgIpc) is 3.37. The second-order valence-corrected chi connectivity index (χ2v) is 7.81. The highest BCUT2D eigenvalue weighted by Crippen LogP contribution is 2.25. The van der Waals surface area contributed by atoms with Crippen molar-refractivity contribution in [3.63, 3.8) is 0 Å². The molecule has 146 valence electrons. The molecule has 0 aliphatic carbocycles. The predicted molar refractivity (Wildman–Crippen MR) is 107 cm³/mol. The number of hydrogen-bond acceptors (Lipinski definition) is 7. The molecule has 2 saturated heterocycles. The molecule has 0 bridgehead atoms. The lowest BCUT2D eigenvalue weighted by molar-refractivity contribution is -0.0405. The average molecular weight is 400 g/mol. The van der Waals surface area contributed by atoms with Crippen LogP contribution in [0, 0.1) is 5.92 Å². The minimum absolute atomic E-state index is 0.126. The summed E-state index contributed by atoms with van der Waals surface area (Å²) in [5.74, 6) is 1.16. The van der Waals surface area contributed by atoms with E-state index in [2.05, 4.69) is 32.6 Å². The van der Waals surface area contributed by atoms with Crippen molar-refractivity contribution in [2.75, 3.05) is 31.1 Å². The second kappa shape index (κ2) is 7.29. The molecule has 3 aromatic heterocycles. The van der Waals surface area contributed by atoms with Crippen LogP contribution in [-0.4, -0.2) is 57.7 Å². The lowest BCUT2D eigenvalue weighted by atomic mass is 10.0. The first-order chi connectivity index (χ1) is 13.7. The Labute approximate surface area is 167 Å². The number of nitrogens with zero attached hydrogens (tertiary/aromatic N) is 5. The van der Waals surface area contributed by atoms with E-state index in [-0.39, 0.29) is 12.2 Å². The lowest BCUT2D eigenvalue weighted by Gasteiger charge is -2.39. The summed E-state index contributed by atoms with van der Waals surface area (Å²) in [4.78, 5) is 16.0. The summed E-state index contributed by atoms with van der Waals surface area (Å²) in [5.41, 5.74) is 8.92. The molecule has 8 nitrogen and oxygen atoms in total. The van der Waals surface area contributed by atoms with Gasteiger partial charge in [0.05, 0.1) is 34.8 Å². The largest absolute Gasteiger partial charge is 0.371 e. The zero-order valence-corrected chi connectivity index (χ0v) is 16.3. The maximum atomic E-state index is 6.19. The molecule has 0 saturated carbocycles. The Morgan fingerprint density at radius 2 is 2.00 bits per heavy atom. The molecule has 0 spiro atoms. The number of ether oxygens (including phenoxy) is 1. The van der Waals surface area contributed by atoms with Crippen molar-refractivity contribution in [3.05, 3.63) is 41.8 Å². The SMILES string of the molecule is C[C@H]1CN(c2nccc(-c3cnc4ccc(Cl)cn34)n2)C[C@H](C2CNNC2)O1. The molecule has 5 heterocycles. The van der Waals surface area contributed by atoms with Crippen LogP contribution in [0.4, 0.5) is 5.95 Å². The highest BCUT2D eigenvalue weighted by Gasteiger charge is 2.34. The molecule has 3 aromatic rings. The number of nitrogens with one attached hydrogen (secondary N) is 2. The van der Waals surface area contributed by atoms with Crippen molar-refractivity contribution in [3.8, 4) is 11.4 Å².